The van der Waals surface area contributed by atoms with Crippen molar-refractivity contribution in [2.24, 2.45) is 0 Å². The highest BCUT2D eigenvalue weighted by Crippen LogP contribution is 1.97. The first kappa shape index (κ1) is 25.4. The van der Waals surface area contributed by atoms with Gasteiger partial charge in [-0.3, -0.25) is 0 Å². The molecule has 0 saturated heterocycles. The Hall–Kier alpha value is -1.56. The lowest BCUT2D eigenvalue weighted by Gasteiger charge is -1.89. The molecule has 0 amide bonds. The molecule has 0 aliphatic rings. The molecule has 0 aliphatic heterocycles. The first-order valence-electron chi connectivity index (χ1n) is 8.94. The van der Waals surface area contributed by atoms with E-state index in [0.29, 0.717) is 0 Å². The van der Waals surface area contributed by atoms with Gasteiger partial charge in [-0.25, -0.2) is 0 Å². The fourth-order valence-electron chi connectivity index (χ4n) is 1.43. The molecule has 2 aromatic carbocycles. The van der Waals surface area contributed by atoms with Crippen molar-refractivity contribution < 1.29 is 0 Å². The summed E-state index contributed by atoms with van der Waals surface area (Å²) in [7, 11) is 0. The number of hydrogen-bond acceptors (Lipinski definition) is 0. The summed E-state index contributed by atoms with van der Waals surface area (Å²) in [6, 6.07) is 20.9. The highest BCUT2D eigenvalue weighted by atomic mass is 13.9. The third kappa shape index (κ3) is 16.5. The van der Waals surface area contributed by atoms with Gasteiger partial charge < -0.3 is 0 Å². The molecule has 0 aliphatic carbocycles. The van der Waals surface area contributed by atoms with Crippen molar-refractivity contribution in [2.75, 3.05) is 0 Å². The third-order valence-corrected chi connectivity index (χ3v) is 2.50. The van der Waals surface area contributed by atoms with Gasteiger partial charge in [-0.05, 0) is 24.0 Å². The van der Waals surface area contributed by atoms with Gasteiger partial charge in [0, 0.05) is 0 Å². The molecule has 126 valence electrons. The smallest absolute Gasteiger partial charge is 0.0307 e. The second kappa shape index (κ2) is 24.5. The van der Waals surface area contributed by atoms with E-state index in [9.17, 15) is 0 Å². The molecule has 0 fully saturated rings. The van der Waals surface area contributed by atoms with Crippen LogP contribution in [-0.2, 0) is 12.8 Å². The molecule has 2 aromatic rings. The Morgan fingerprint density at radius 2 is 0.682 bits per heavy atom. The molecule has 0 saturated carbocycles. The van der Waals surface area contributed by atoms with Crippen molar-refractivity contribution in [1.82, 2.24) is 0 Å². The van der Waals surface area contributed by atoms with Gasteiger partial charge in [-0.15, -0.1) is 0 Å². The van der Waals surface area contributed by atoms with E-state index in [4.69, 9.17) is 0 Å². The van der Waals surface area contributed by atoms with E-state index in [1.54, 1.807) is 0 Å². The largest absolute Gasteiger partial charge is 0.0683 e. The highest BCUT2D eigenvalue weighted by Gasteiger charge is 1.80. The summed E-state index contributed by atoms with van der Waals surface area (Å²) in [5.41, 5.74) is 2.82. The number of aryl methyl sites for hydroxylation is 2. The lowest BCUT2D eigenvalue weighted by molar-refractivity contribution is 1.14. The standard InChI is InChI=1S/2C8H10.3C2H6/c2*1-2-8-6-4-3-5-7-8;3*1-2/h2*3-7H,2H2,1H3;3*1-2H3. The van der Waals surface area contributed by atoms with Crippen LogP contribution in [0.5, 0.6) is 0 Å². The van der Waals surface area contributed by atoms with Gasteiger partial charge in [-0.2, -0.15) is 0 Å². The Morgan fingerprint density at radius 3 is 0.818 bits per heavy atom. The molecular weight excluding hydrogens is 264 g/mol. The molecule has 22 heavy (non-hydrogen) atoms. The minimum Gasteiger partial charge on any atom is -0.0683 e. The van der Waals surface area contributed by atoms with Gasteiger partial charge >= 0.3 is 0 Å². The van der Waals surface area contributed by atoms with E-state index in [-0.39, 0.29) is 0 Å². The van der Waals surface area contributed by atoms with Crippen LogP contribution in [0.3, 0.4) is 0 Å². The molecule has 0 bridgehead atoms. The van der Waals surface area contributed by atoms with Gasteiger partial charge in [0.25, 0.3) is 0 Å². The predicted octanol–water partition coefficient (Wildman–Crippen LogP) is 7.58. The highest BCUT2D eigenvalue weighted by molar-refractivity contribution is 5.14. The first-order valence-corrected chi connectivity index (χ1v) is 8.94. The van der Waals surface area contributed by atoms with E-state index < -0.39 is 0 Å². The lowest BCUT2D eigenvalue weighted by Crippen LogP contribution is -1.73. The minimum atomic E-state index is 1.14. The van der Waals surface area contributed by atoms with Crippen LogP contribution in [0.15, 0.2) is 60.7 Å². The van der Waals surface area contributed by atoms with Crippen molar-refractivity contribution in [1.29, 1.82) is 0 Å². The SMILES string of the molecule is CC.CC.CC.CCc1ccccc1.CCc1ccccc1. The lowest BCUT2D eigenvalue weighted by atomic mass is 10.2. The molecule has 2 rings (SSSR count). The molecule has 0 N–H and O–H groups in total. The van der Waals surface area contributed by atoms with Crippen LogP contribution < -0.4 is 0 Å². The zero-order valence-corrected chi connectivity index (χ0v) is 16.2. The maximum absolute atomic E-state index is 2.16. The Bertz CT molecular complexity index is 322. The predicted molar refractivity (Wildman–Crippen MR) is 106 cm³/mol. The van der Waals surface area contributed by atoms with Gasteiger partial charge in [0.05, 0.1) is 0 Å². The normalized spacial score (nSPS) is 7.45. The van der Waals surface area contributed by atoms with Gasteiger partial charge in [0.15, 0.2) is 0 Å². The molecule has 0 aromatic heterocycles. The summed E-state index contributed by atoms with van der Waals surface area (Å²) >= 11 is 0. The summed E-state index contributed by atoms with van der Waals surface area (Å²) in [6.07, 6.45) is 2.28. The van der Waals surface area contributed by atoms with Crippen LogP contribution in [0.25, 0.3) is 0 Å². The molecule has 0 heteroatoms. The second-order valence-electron chi connectivity index (χ2n) is 3.68. The zero-order chi connectivity index (χ0) is 17.6. The van der Waals surface area contributed by atoms with Gasteiger partial charge in [-0.1, -0.05) is 116 Å². The van der Waals surface area contributed by atoms with E-state index in [1.807, 2.05) is 53.7 Å². The molecule has 0 nitrogen and oxygen atoms in total. The quantitative estimate of drug-likeness (QED) is 0.536. The van der Waals surface area contributed by atoms with Crippen LogP contribution in [0.1, 0.15) is 66.5 Å². The van der Waals surface area contributed by atoms with Crippen LogP contribution >= 0.6 is 0 Å². The second-order valence-corrected chi connectivity index (χ2v) is 3.68. The number of benzene rings is 2. The van der Waals surface area contributed by atoms with E-state index in [2.05, 4.69) is 62.4 Å². The molecular formula is C22H38. The average Bonchev–Trinajstić information content (AvgIpc) is 2.68. The minimum absolute atomic E-state index is 1.14. The van der Waals surface area contributed by atoms with E-state index in [0.717, 1.165) is 12.8 Å². The van der Waals surface area contributed by atoms with E-state index >= 15 is 0 Å². The molecule has 0 spiro atoms. The zero-order valence-electron chi connectivity index (χ0n) is 16.2. The Labute approximate surface area is 140 Å². The Morgan fingerprint density at radius 1 is 0.455 bits per heavy atom. The van der Waals surface area contributed by atoms with E-state index in [1.165, 1.54) is 11.1 Å². The number of rotatable bonds is 2. The maximum atomic E-state index is 2.16. The third-order valence-electron chi connectivity index (χ3n) is 2.50. The fourth-order valence-corrected chi connectivity index (χ4v) is 1.43. The van der Waals surface area contributed by atoms with Crippen LogP contribution in [0, 0.1) is 0 Å². The van der Waals surface area contributed by atoms with Gasteiger partial charge in [0.2, 0.25) is 0 Å². The van der Waals surface area contributed by atoms with Crippen LogP contribution in [0.4, 0.5) is 0 Å². The van der Waals surface area contributed by atoms with Crippen molar-refractivity contribution in [3.05, 3.63) is 71.8 Å². The van der Waals surface area contributed by atoms with Crippen molar-refractivity contribution in [3.8, 4) is 0 Å². The summed E-state index contributed by atoms with van der Waals surface area (Å²) in [5.74, 6) is 0. The fraction of sp³-hybridized carbons (Fsp3) is 0.455. The van der Waals surface area contributed by atoms with Gasteiger partial charge in [0.1, 0.15) is 0 Å². The number of hydrogen-bond donors (Lipinski definition) is 0. The van der Waals surface area contributed by atoms with Crippen molar-refractivity contribution >= 4 is 0 Å². The summed E-state index contributed by atoms with van der Waals surface area (Å²) in [4.78, 5) is 0. The molecule has 0 unspecified atom stereocenters. The Balaban J connectivity index is -0.000000246. The maximum Gasteiger partial charge on any atom is -0.0307 e. The topological polar surface area (TPSA) is 0 Å². The summed E-state index contributed by atoms with van der Waals surface area (Å²) < 4.78 is 0. The van der Waals surface area contributed by atoms with Crippen LogP contribution in [0.2, 0.25) is 0 Å². The average molecular weight is 303 g/mol. The Kier molecular flexibility index (Phi) is 28.2. The summed E-state index contributed by atoms with van der Waals surface area (Å²) in [5, 5.41) is 0. The first-order chi connectivity index (χ1) is 10.9. The molecule has 0 radical (unpaired) electrons. The molecule has 0 atom stereocenters. The monoisotopic (exact) mass is 302 g/mol. The van der Waals surface area contributed by atoms with Crippen LogP contribution in [-0.4, -0.2) is 0 Å². The van der Waals surface area contributed by atoms with Crippen molar-refractivity contribution in [2.45, 2.75) is 68.2 Å². The molecule has 0 heterocycles. The van der Waals surface area contributed by atoms with Crippen molar-refractivity contribution in [3.63, 3.8) is 0 Å². The summed E-state index contributed by atoms with van der Waals surface area (Å²) in [6.45, 7) is 16.3.